The Labute approximate surface area is 195 Å². The highest BCUT2D eigenvalue weighted by atomic mass is 16.4. The summed E-state index contributed by atoms with van der Waals surface area (Å²) in [7, 11) is 4.19. The summed E-state index contributed by atoms with van der Waals surface area (Å²) in [6, 6.07) is 9.89. The van der Waals surface area contributed by atoms with E-state index in [1.165, 1.54) is 0 Å². The SMILES string of the molecule is CN(C)C1CC(n2cc(NC(=O)c3ccc(-c4cn[nH]c4)o3)c(-c3ccccn3)n2)C1.O=CO. The molecule has 11 heteroatoms. The van der Waals surface area contributed by atoms with Crippen molar-refractivity contribution in [2.75, 3.05) is 19.4 Å². The maximum absolute atomic E-state index is 12.9. The van der Waals surface area contributed by atoms with Gasteiger partial charge >= 0.3 is 0 Å². The molecule has 0 aliphatic heterocycles. The molecule has 34 heavy (non-hydrogen) atoms. The van der Waals surface area contributed by atoms with Crippen LogP contribution in [0, 0.1) is 0 Å². The van der Waals surface area contributed by atoms with Crippen LogP contribution in [0.5, 0.6) is 0 Å². The Morgan fingerprint density at radius 1 is 1.29 bits per heavy atom. The minimum atomic E-state index is -0.341. The summed E-state index contributed by atoms with van der Waals surface area (Å²) in [5, 5.41) is 21.3. The molecule has 0 atom stereocenters. The summed E-state index contributed by atoms with van der Waals surface area (Å²) in [5.74, 6) is 0.447. The molecule has 1 fully saturated rings. The highest BCUT2D eigenvalue weighted by Gasteiger charge is 2.33. The first-order valence-electron chi connectivity index (χ1n) is 10.6. The van der Waals surface area contributed by atoms with E-state index in [0.29, 0.717) is 34.9 Å². The molecule has 0 radical (unpaired) electrons. The molecule has 4 aromatic heterocycles. The Kier molecular flexibility index (Phi) is 6.83. The highest BCUT2D eigenvalue weighted by molar-refractivity contribution is 6.04. The monoisotopic (exact) mass is 463 g/mol. The fraction of sp³-hybridized carbons (Fsp3) is 0.261. The molecule has 0 aromatic carbocycles. The number of furan rings is 1. The maximum Gasteiger partial charge on any atom is 0.291 e. The second-order valence-electron chi connectivity index (χ2n) is 8.04. The number of nitrogens with zero attached hydrogens (tertiary/aromatic N) is 5. The first-order valence-corrected chi connectivity index (χ1v) is 10.6. The predicted molar refractivity (Wildman–Crippen MR) is 124 cm³/mol. The lowest BCUT2D eigenvalue weighted by Crippen LogP contribution is -2.41. The van der Waals surface area contributed by atoms with E-state index in [-0.39, 0.29) is 18.1 Å². The minimum Gasteiger partial charge on any atom is -0.483 e. The predicted octanol–water partition coefficient (Wildman–Crippen LogP) is 3.15. The van der Waals surface area contributed by atoms with E-state index in [2.05, 4.69) is 39.5 Å². The van der Waals surface area contributed by atoms with Gasteiger partial charge in [-0.05, 0) is 51.2 Å². The molecular weight excluding hydrogens is 438 g/mol. The van der Waals surface area contributed by atoms with Gasteiger partial charge in [0.05, 0.1) is 29.2 Å². The van der Waals surface area contributed by atoms with Crippen molar-refractivity contribution in [2.24, 2.45) is 0 Å². The number of anilines is 1. The van der Waals surface area contributed by atoms with Gasteiger partial charge in [-0.1, -0.05) is 6.07 Å². The van der Waals surface area contributed by atoms with E-state index in [1.54, 1.807) is 30.7 Å². The largest absolute Gasteiger partial charge is 0.483 e. The van der Waals surface area contributed by atoms with Crippen molar-refractivity contribution >= 4 is 18.1 Å². The number of hydrogen-bond acceptors (Lipinski definition) is 7. The van der Waals surface area contributed by atoms with Crippen LogP contribution in [0.3, 0.4) is 0 Å². The first-order chi connectivity index (χ1) is 16.5. The van der Waals surface area contributed by atoms with Crippen LogP contribution in [0.2, 0.25) is 0 Å². The molecule has 0 spiro atoms. The molecule has 0 saturated heterocycles. The lowest BCUT2D eigenvalue weighted by molar-refractivity contribution is -0.122. The zero-order valence-corrected chi connectivity index (χ0v) is 18.8. The van der Waals surface area contributed by atoms with Crippen LogP contribution in [0.25, 0.3) is 22.7 Å². The van der Waals surface area contributed by atoms with E-state index < -0.39 is 0 Å². The Balaban J connectivity index is 0.000000868. The number of aromatic amines is 1. The quantitative estimate of drug-likeness (QED) is 0.370. The van der Waals surface area contributed by atoms with E-state index >= 15 is 0 Å². The number of carboxylic acid groups (broad SMARTS) is 1. The van der Waals surface area contributed by atoms with Gasteiger partial charge < -0.3 is 19.7 Å². The van der Waals surface area contributed by atoms with E-state index in [1.807, 2.05) is 29.1 Å². The van der Waals surface area contributed by atoms with Crippen molar-refractivity contribution in [1.29, 1.82) is 0 Å². The van der Waals surface area contributed by atoms with Gasteiger partial charge in [0, 0.05) is 24.6 Å². The van der Waals surface area contributed by atoms with Crippen molar-refractivity contribution < 1.29 is 19.1 Å². The molecule has 4 heterocycles. The fourth-order valence-corrected chi connectivity index (χ4v) is 3.74. The number of carbonyl (C=O) groups excluding carboxylic acids is 1. The number of carbonyl (C=O) groups is 2. The minimum absolute atomic E-state index is 0.215. The number of amides is 1. The average molecular weight is 463 g/mol. The second-order valence-corrected chi connectivity index (χ2v) is 8.04. The van der Waals surface area contributed by atoms with Crippen molar-refractivity contribution in [1.82, 2.24) is 29.9 Å². The average Bonchev–Trinajstić information content (AvgIpc) is 3.54. The third-order valence-electron chi connectivity index (χ3n) is 5.69. The van der Waals surface area contributed by atoms with E-state index in [0.717, 1.165) is 18.4 Å². The van der Waals surface area contributed by atoms with Crippen LogP contribution in [-0.2, 0) is 4.79 Å². The molecule has 1 saturated carbocycles. The van der Waals surface area contributed by atoms with Crippen LogP contribution >= 0.6 is 0 Å². The lowest BCUT2D eigenvalue weighted by atomic mass is 9.86. The molecule has 1 amide bonds. The number of nitrogens with one attached hydrogen (secondary N) is 2. The van der Waals surface area contributed by atoms with Gasteiger partial charge in [-0.15, -0.1) is 0 Å². The molecule has 1 aliphatic carbocycles. The van der Waals surface area contributed by atoms with E-state index in [9.17, 15) is 4.79 Å². The normalized spacial score (nSPS) is 16.9. The zero-order chi connectivity index (χ0) is 24.1. The molecule has 0 bridgehead atoms. The topological polar surface area (TPSA) is 142 Å². The number of hydrogen-bond donors (Lipinski definition) is 3. The molecule has 176 valence electrons. The maximum atomic E-state index is 12.9. The Morgan fingerprint density at radius 3 is 2.74 bits per heavy atom. The standard InChI is InChI=1S/C22H23N7O2.CH2O2/c1-28(2)15-9-16(10-15)29-13-18(21(27-29)17-5-3-4-8-23-17)26-22(30)20-7-6-19(31-20)14-11-24-25-12-14;2-1-3/h3-8,11-13,15-16H,9-10H2,1-2H3,(H,24,25)(H,26,30);1H,(H,2,3). The lowest BCUT2D eigenvalue weighted by Gasteiger charge is -2.39. The summed E-state index contributed by atoms with van der Waals surface area (Å²) >= 11 is 0. The van der Waals surface area contributed by atoms with Crippen molar-refractivity contribution in [2.45, 2.75) is 24.9 Å². The Morgan fingerprint density at radius 2 is 2.09 bits per heavy atom. The second kappa shape index (κ2) is 10.1. The molecule has 5 rings (SSSR count). The number of rotatable bonds is 6. The summed E-state index contributed by atoms with van der Waals surface area (Å²) in [6.07, 6.45) is 9.01. The number of H-pyrrole nitrogens is 1. The number of aromatic nitrogens is 5. The summed E-state index contributed by atoms with van der Waals surface area (Å²) in [6.45, 7) is -0.250. The summed E-state index contributed by atoms with van der Waals surface area (Å²) < 4.78 is 7.66. The molecule has 4 aromatic rings. The smallest absolute Gasteiger partial charge is 0.291 e. The summed E-state index contributed by atoms with van der Waals surface area (Å²) in [5.41, 5.74) is 2.74. The van der Waals surface area contributed by atoms with Crippen LogP contribution in [0.1, 0.15) is 29.4 Å². The highest BCUT2D eigenvalue weighted by Crippen LogP contribution is 2.37. The molecule has 1 aliphatic rings. The summed E-state index contributed by atoms with van der Waals surface area (Å²) in [4.78, 5) is 27.9. The number of pyridine rings is 1. The van der Waals surface area contributed by atoms with Gasteiger partial charge in [0.2, 0.25) is 0 Å². The van der Waals surface area contributed by atoms with Crippen LogP contribution in [0.4, 0.5) is 5.69 Å². The van der Waals surface area contributed by atoms with Crippen molar-refractivity contribution in [3.63, 3.8) is 0 Å². The van der Waals surface area contributed by atoms with E-state index in [4.69, 9.17) is 19.4 Å². The van der Waals surface area contributed by atoms with Crippen molar-refractivity contribution in [3.05, 3.63) is 60.9 Å². The third kappa shape index (κ3) is 4.89. The van der Waals surface area contributed by atoms with Gasteiger partial charge in [-0.2, -0.15) is 10.2 Å². The Hall–Kier alpha value is -4.25. The molecular formula is C23H25N7O4. The van der Waals surface area contributed by atoms with Crippen LogP contribution in [-0.4, -0.2) is 67.5 Å². The van der Waals surface area contributed by atoms with Gasteiger partial charge in [-0.3, -0.25) is 24.4 Å². The fourth-order valence-electron chi connectivity index (χ4n) is 3.74. The van der Waals surface area contributed by atoms with Crippen LogP contribution in [0.15, 0.2) is 59.5 Å². The van der Waals surface area contributed by atoms with Gasteiger partial charge in [-0.25, -0.2) is 0 Å². The molecule has 3 N–H and O–H groups in total. The third-order valence-corrected chi connectivity index (χ3v) is 5.69. The Bertz CT molecular complexity index is 1230. The van der Waals surface area contributed by atoms with Gasteiger partial charge in [0.1, 0.15) is 11.5 Å². The zero-order valence-electron chi connectivity index (χ0n) is 18.8. The van der Waals surface area contributed by atoms with Gasteiger partial charge in [0.15, 0.2) is 5.76 Å². The first kappa shape index (κ1) is 22.9. The van der Waals surface area contributed by atoms with Crippen molar-refractivity contribution in [3.8, 4) is 22.7 Å². The molecule has 11 nitrogen and oxygen atoms in total. The molecule has 0 unspecified atom stereocenters. The van der Waals surface area contributed by atoms with Gasteiger partial charge in [0.25, 0.3) is 12.4 Å². The van der Waals surface area contributed by atoms with Crippen LogP contribution < -0.4 is 5.32 Å².